The highest BCUT2D eigenvalue weighted by molar-refractivity contribution is 5.89. The maximum absolute atomic E-state index is 12.4. The Morgan fingerprint density at radius 3 is 2.89 bits per heavy atom. The number of hydrogen-bond acceptors (Lipinski definition) is 4. The largest absolute Gasteiger partial charge is 0.309 e. The van der Waals surface area contributed by atoms with Crippen LogP contribution in [-0.2, 0) is 17.9 Å². The van der Waals surface area contributed by atoms with Crippen LogP contribution in [0.3, 0.4) is 0 Å². The number of amides is 1. The van der Waals surface area contributed by atoms with Crippen molar-refractivity contribution in [3.8, 4) is 11.3 Å². The monoisotopic (exact) mass is 372 g/mol. The van der Waals surface area contributed by atoms with Crippen molar-refractivity contribution < 1.29 is 4.79 Å². The van der Waals surface area contributed by atoms with Gasteiger partial charge in [0.2, 0.25) is 5.91 Å². The number of hydrogen-bond donors (Lipinski definition) is 1. The Labute approximate surface area is 162 Å². The lowest BCUT2D eigenvalue weighted by Crippen LogP contribution is -2.21. The van der Waals surface area contributed by atoms with Crippen LogP contribution >= 0.6 is 0 Å². The number of carbonyl (C=O) groups is 1. The molecular formula is C21H20N6O. The van der Waals surface area contributed by atoms with Gasteiger partial charge in [0.25, 0.3) is 0 Å². The Morgan fingerprint density at radius 1 is 1.11 bits per heavy atom. The van der Waals surface area contributed by atoms with Crippen molar-refractivity contribution in [2.75, 3.05) is 5.32 Å². The van der Waals surface area contributed by atoms with Crippen molar-refractivity contribution in [1.82, 2.24) is 24.5 Å². The fraction of sp³-hybridized carbons (Fsp3) is 0.238. The van der Waals surface area contributed by atoms with Crippen LogP contribution < -0.4 is 5.32 Å². The summed E-state index contributed by atoms with van der Waals surface area (Å²) >= 11 is 0. The molecule has 5 rings (SSSR count). The third kappa shape index (κ3) is 3.51. The van der Waals surface area contributed by atoms with Gasteiger partial charge in [0.1, 0.15) is 12.4 Å². The summed E-state index contributed by atoms with van der Waals surface area (Å²) in [5.41, 5.74) is 2.67. The molecule has 4 aromatic rings. The Bertz CT molecular complexity index is 1140. The van der Waals surface area contributed by atoms with Crippen LogP contribution in [0.4, 0.5) is 5.82 Å². The number of rotatable bonds is 6. The molecule has 1 amide bonds. The number of benzene rings is 1. The molecule has 0 bridgehead atoms. The van der Waals surface area contributed by atoms with E-state index in [0.717, 1.165) is 34.5 Å². The first-order valence-electron chi connectivity index (χ1n) is 9.45. The SMILES string of the molecule is O=C(Cn1cc(-c2ccc3ccccc3n2)cn1)Nc1ccnn1CC1CC1. The second kappa shape index (κ2) is 6.92. The highest BCUT2D eigenvalue weighted by Gasteiger charge is 2.23. The van der Waals surface area contributed by atoms with Crippen molar-refractivity contribution in [3.05, 3.63) is 61.1 Å². The Hall–Kier alpha value is -3.48. The zero-order valence-electron chi connectivity index (χ0n) is 15.3. The van der Waals surface area contributed by atoms with E-state index in [4.69, 9.17) is 0 Å². The summed E-state index contributed by atoms with van der Waals surface area (Å²) in [7, 11) is 0. The molecule has 0 atom stereocenters. The van der Waals surface area contributed by atoms with Gasteiger partial charge >= 0.3 is 0 Å². The summed E-state index contributed by atoms with van der Waals surface area (Å²) in [6, 6.07) is 13.8. The minimum absolute atomic E-state index is 0.126. The fourth-order valence-electron chi connectivity index (χ4n) is 3.27. The molecule has 0 aliphatic heterocycles. The minimum Gasteiger partial charge on any atom is -0.309 e. The summed E-state index contributed by atoms with van der Waals surface area (Å²) in [6.07, 6.45) is 7.79. The molecule has 7 nitrogen and oxygen atoms in total. The van der Waals surface area contributed by atoms with Crippen LogP contribution in [-0.4, -0.2) is 30.5 Å². The van der Waals surface area contributed by atoms with Gasteiger partial charge in [-0.1, -0.05) is 24.3 Å². The van der Waals surface area contributed by atoms with E-state index in [-0.39, 0.29) is 12.5 Å². The standard InChI is InChI=1S/C21H20N6O/c28-21(25-20-9-10-22-27(20)12-15-5-6-15)14-26-13-17(11-23-26)19-8-7-16-3-1-2-4-18(16)24-19/h1-4,7-11,13,15H,5-6,12,14H2,(H,25,28). The van der Waals surface area contributed by atoms with Crippen LogP contribution in [0.15, 0.2) is 61.1 Å². The predicted molar refractivity (Wildman–Crippen MR) is 107 cm³/mol. The first-order chi connectivity index (χ1) is 13.7. The van der Waals surface area contributed by atoms with Crippen LogP contribution in [0, 0.1) is 5.92 Å². The molecule has 3 heterocycles. The first kappa shape index (κ1) is 16.7. The van der Waals surface area contributed by atoms with Gasteiger partial charge in [-0.15, -0.1) is 0 Å². The summed E-state index contributed by atoms with van der Waals surface area (Å²) in [6.45, 7) is 1.00. The van der Waals surface area contributed by atoms with Gasteiger partial charge in [0, 0.05) is 29.8 Å². The van der Waals surface area contributed by atoms with Gasteiger partial charge in [-0.25, -0.2) is 9.67 Å². The van der Waals surface area contributed by atoms with Crippen LogP contribution in [0.2, 0.25) is 0 Å². The number of para-hydroxylation sites is 1. The third-order valence-corrected chi connectivity index (χ3v) is 4.95. The molecule has 1 aliphatic carbocycles. The molecule has 0 radical (unpaired) electrons. The molecule has 0 spiro atoms. The minimum atomic E-state index is -0.126. The number of fused-ring (bicyclic) bond motifs is 1. The van der Waals surface area contributed by atoms with Crippen molar-refractivity contribution in [2.24, 2.45) is 5.92 Å². The zero-order valence-corrected chi connectivity index (χ0v) is 15.3. The molecule has 1 N–H and O–H groups in total. The van der Waals surface area contributed by atoms with E-state index >= 15 is 0 Å². The van der Waals surface area contributed by atoms with Crippen LogP contribution in [0.5, 0.6) is 0 Å². The molecule has 1 fully saturated rings. The quantitative estimate of drug-likeness (QED) is 0.563. The van der Waals surface area contributed by atoms with Gasteiger partial charge in [-0.3, -0.25) is 9.48 Å². The Balaban J connectivity index is 1.28. The molecule has 1 aliphatic rings. The van der Waals surface area contributed by atoms with Crippen molar-refractivity contribution in [2.45, 2.75) is 25.9 Å². The number of nitrogens with zero attached hydrogens (tertiary/aromatic N) is 5. The summed E-state index contributed by atoms with van der Waals surface area (Å²) < 4.78 is 3.49. The van der Waals surface area contributed by atoms with Gasteiger partial charge in [0.05, 0.1) is 23.6 Å². The topological polar surface area (TPSA) is 77.6 Å². The van der Waals surface area contributed by atoms with E-state index in [1.54, 1.807) is 17.1 Å². The number of aromatic nitrogens is 5. The lowest BCUT2D eigenvalue weighted by Gasteiger charge is -2.08. The lowest BCUT2D eigenvalue weighted by atomic mass is 10.1. The average Bonchev–Trinajstić information content (AvgIpc) is 3.23. The van der Waals surface area contributed by atoms with Crippen LogP contribution in [0.1, 0.15) is 12.8 Å². The second-order valence-corrected chi connectivity index (χ2v) is 7.21. The van der Waals surface area contributed by atoms with Crippen LogP contribution in [0.25, 0.3) is 22.2 Å². The highest BCUT2D eigenvalue weighted by atomic mass is 16.2. The maximum atomic E-state index is 12.4. The summed E-state index contributed by atoms with van der Waals surface area (Å²) in [4.78, 5) is 17.1. The maximum Gasteiger partial charge on any atom is 0.247 e. The van der Waals surface area contributed by atoms with E-state index in [2.05, 4.69) is 20.5 Å². The molecule has 0 unspecified atom stereocenters. The zero-order chi connectivity index (χ0) is 18.9. The molecule has 3 aromatic heterocycles. The highest BCUT2D eigenvalue weighted by Crippen LogP contribution is 2.31. The van der Waals surface area contributed by atoms with E-state index in [1.165, 1.54) is 12.8 Å². The van der Waals surface area contributed by atoms with Gasteiger partial charge < -0.3 is 5.32 Å². The Morgan fingerprint density at radius 2 is 2.00 bits per heavy atom. The van der Waals surface area contributed by atoms with Gasteiger partial charge in [-0.2, -0.15) is 10.2 Å². The predicted octanol–water partition coefficient (Wildman–Crippen LogP) is 3.34. The van der Waals surface area contributed by atoms with Gasteiger partial charge in [-0.05, 0) is 30.9 Å². The smallest absolute Gasteiger partial charge is 0.247 e. The molecule has 28 heavy (non-hydrogen) atoms. The molecular weight excluding hydrogens is 352 g/mol. The second-order valence-electron chi connectivity index (χ2n) is 7.21. The van der Waals surface area contributed by atoms with E-state index in [0.29, 0.717) is 5.92 Å². The van der Waals surface area contributed by atoms with Crippen molar-refractivity contribution in [3.63, 3.8) is 0 Å². The van der Waals surface area contributed by atoms with Gasteiger partial charge in [0.15, 0.2) is 0 Å². The number of pyridine rings is 1. The number of anilines is 1. The molecule has 1 aromatic carbocycles. The normalized spacial score (nSPS) is 13.7. The molecule has 0 saturated heterocycles. The number of carbonyl (C=O) groups excluding carboxylic acids is 1. The Kier molecular flexibility index (Phi) is 4.12. The van der Waals surface area contributed by atoms with Crippen molar-refractivity contribution >= 4 is 22.6 Å². The molecule has 140 valence electrons. The summed E-state index contributed by atoms with van der Waals surface area (Å²) in [5, 5.41) is 12.6. The third-order valence-electron chi connectivity index (χ3n) is 4.95. The summed E-state index contributed by atoms with van der Waals surface area (Å²) in [5.74, 6) is 1.30. The van der Waals surface area contributed by atoms with E-state index in [9.17, 15) is 4.79 Å². The fourth-order valence-corrected chi connectivity index (χ4v) is 3.27. The van der Waals surface area contributed by atoms with E-state index in [1.807, 2.05) is 53.3 Å². The first-order valence-corrected chi connectivity index (χ1v) is 9.45. The van der Waals surface area contributed by atoms with Crippen molar-refractivity contribution in [1.29, 1.82) is 0 Å². The van der Waals surface area contributed by atoms with E-state index < -0.39 is 0 Å². The molecule has 7 heteroatoms. The average molecular weight is 372 g/mol. The number of nitrogens with one attached hydrogen (secondary N) is 1. The lowest BCUT2D eigenvalue weighted by molar-refractivity contribution is -0.116. The molecule has 1 saturated carbocycles.